The van der Waals surface area contributed by atoms with Crippen LogP contribution in [0.2, 0.25) is 0 Å². The van der Waals surface area contributed by atoms with E-state index in [0.29, 0.717) is 16.1 Å². The number of rotatable bonds is 2. The SMILES string of the molecule is CN1/C(=C/C2=C([S-])C(=C/c3sc4ccccc4[n+]3C)/C2=O)C(C)(C)c2ccccc21. The normalized spacial score (nSPS) is 20.4. The van der Waals surface area contributed by atoms with Gasteiger partial charge in [0.2, 0.25) is 5.52 Å². The maximum Gasteiger partial charge on any atom is 0.263 e. The molecule has 1 aliphatic carbocycles. The Labute approximate surface area is 186 Å². The topological polar surface area (TPSA) is 24.2 Å². The van der Waals surface area contributed by atoms with Gasteiger partial charge in [0.25, 0.3) is 5.01 Å². The zero-order chi connectivity index (χ0) is 21.2. The summed E-state index contributed by atoms with van der Waals surface area (Å²) >= 11 is 7.34. The molecule has 0 N–H and O–H groups in total. The van der Waals surface area contributed by atoms with E-state index in [1.807, 2.05) is 37.4 Å². The Morgan fingerprint density at radius 3 is 2.47 bits per heavy atom. The summed E-state index contributed by atoms with van der Waals surface area (Å²) in [5, 5.41) is 1.03. The molecule has 30 heavy (non-hydrogen) atoms. The lowest BCUT2D eigenvalue weighted by molar-refractivity contribution is -0.642. The van der Waals surface area contributed by atoms with Crippen molar-refractivity contribution in [3.8, 4) is 0 Å². The molecule has 2 heterocycles. The van der Waals surface area contributed by atoms with Gasteiger partial charge in [-0.05, 0) is 23.8 Å². The van der Waals surface area contributed by atoms with Gasteiger partial charge in [-0.25, -0.2) is 0 Å². The number of likely N-dealkylation sites (N-methyl/N-ethyl adjacent to an activating group) is 1. The van der Waals surface area contributed by atoms with Gasteiger partial charge in [0.15, 0.2) is 5.78 Å². The molecule has 1 aromatic heterocycles. The van der Waals surface area contributed by atoms with E-state index < -0.39 is 0 Å². The van der Waals surface area contributed by atoms with Gasteiger partial charge in [-0.2, -0.15) is 9.47 Å². The molecule has 0 unspecified atom stereocenters. The molecule has 1 aliphatic heterocycles. The van der Waals surface area contributed by atoms with Crippen LogP contribution in [0.4, 0.5) is 5.69 Å². The highest BCUT2D eigenvalue weighted by molar-refractivity contribution is 7.64. The number of allylic oxidation sites excluding steroid dienone is 4. The van der Waals surface area contributed by atoms with Gasteiger partial charge in [0.05, 0.1) is 0 Å². The molecular formula is C25H22N2OS2. The Kier molecular flexibility index (Phi) is 4.24. The third-order valence-corrected chi connectivity index (χ3v) is 7.85. The fourth-order valence-electron chi connectivity index (χ4n) is 4.46. The van der Waals surface area contributed by atoms with Crippen molar-refractivity contribution in [2.45, 2.75) is 19.3 Å². The van der Waals surface area contributed by atoms with Gasteiger partial charge in [0, 0.05) is 47.1 Å². The van der Waals surface area contributed by atoms with E-state index in [1.54, 1.807) is 11.3 Å². The summed E-state index contributed by atoms with van der Waals surface area (Å²) in [4.78, 5) is 15.9. The van der Waals surface area contributed by atoms with Gasteiger partial charge < -0.3 is 17.5 Å². The first-order valence-electron chi connectivity index (χ1n) is 9.91. The summed E-state index contributed by atoms with van der Waals surface area (Å²) in [5.41, 5.74) is 5.81. The van der Waals surface area contributed by atoms with Crippen molar-refractivity contribution in [2.24, 2.45) is 7.05 Å². The minimum Gasteiger partial charge on any atom is -0.778 e. The highest BCUT2D eigenvalue weighted by Gasteiger charge is 2.39. The van der Waals surface area contributed by atoms with Crippen LogP contribution in [0.1, 0.15) is 24.4 Å². The zero-order valence-corrected chi connectivity index (χ0v) is 19.0. The number of hydrogen-bond donors (Lipinski definition) is 0. The predicted molar refractivity (Wildman–Crippen MR) is 126 cm³/mol. The lowest BCUT2D eigenvalue weighted by atomic mass is 9.81. The standard InChI is InChI=1S/C25H22N2OS2/c1-25(2)17-9-5-6-10-18(17)26(3)21(25)13-15-23(28)16(24(15)29)14-22-27(4)19-11-7-8-12-20(19)30-22/h5-14H,1-4H3. The number of benzene rings is 2. The first kappa shape index (κ1) is 19.2. The maximum atomic E-state index is 13.0. The van der Waals surface area contributed by atoms with Gasteiger partial charge in [0.1, 0.15) is 11.7 Å². The molecule has 0 radical (unpaired) electrons. The Morgan fingerprint density at radius 2 is 1.77 bits per heavy atom. The summed E-state index contributed by atoms with van der Waals surface area (Å²) in [5.74, 6) is 0.0325. The maximum absolute atomic E-state index is 13.0. The number of carbonyl (C=O) groups is 1. The van der Waals surface area contributed by atoms with Crippen LogP contribution in [-0.2, 0) is 29.9 Å². The number of Topliss-reactive ketones (excluding diaryl/α,β-unsaturated/α-hetero) is 1. The van der Waals surface area contributed by atoms with Crippen molar-refractivity contribution >= 4 is 51.7 Å². The number of aromatic nitrogens is 1. The monoisotopic (exact) mass is 430 g/mol. The van der Waals surface area contributed by atoms with Crippen molar-refractivity contribution in [3.63, 3.8) is 0 Å². The van der Waals surface area contributed by atoms with E-state index in [2.05, 4.69) is 60.7 Å². The summed E-state index contributed by atoms with van der Waals surface area (Å²) < 4.78 is 3.31. The van der Waals surface area contributed by atoms with Crippen molar-refractivity contribution in [2.75, 3.05) is 11.9 Å². The molecule has 5 heteroatoms. The van der Waals surface area contributed by atoms with E-state index in [1.165, 1.54) is 16.0 Å². The molecule has 0 saturated carbocycles. The molecule has 3 aromatic rings. The molecule has 0 amide bonds. The molecule has 2 aromatic carbocycles. The fraction of sp³-hybridized carbons (Fsp3) is 0.200. The number of fused-ring (bicyclic) bond motifs is 2. The molecule has 0 spiro atoms. The van der Waals surface area contributed by atoms with Crippen molar-refractivity contribution in [1.29, 1.82) is 0 Å². The van der Waals surface area contributed by atoms with Gasteiger partial charge in [-0.15, -0.1) is 0 Å². The molecule has 0 atom stereocenters. The van der Waals surface area contributed by atoms with Crippen LogP contribution < -0.4 is 9.47 Å². The Bertz CT molecular complexity index is 1320. The average Bonchev–Trinajstić information content (AvgIpc) is 3.16. The second-order valence-corrected chi connectivity index (χ2v) is 9.80. The van der Waals surface area contributed by atoms with Crippen molar-refractivity contribution in [3.05, 3.63) is 86.9 Å². The smallest absolute Gasteiger partial charge is 0.263 e. The van der Waals surface area contributed by atoms with Crippen LogP contribution in [0.25, 0.3) is 16.3 Å². The average molecular weight is 431 g/mol. The molecule has 150 valence electrons. The van der Waals surface area contributed by atoms with E-state index in [4.69, 9.17) is 12.6 Å². The molecular weight excluding hydrogens is 408 g/mol. The summed E-state index contributed by atoms with van der Waals surface area (Å²) in [6.45, 7) is 4.39. The third kappa shape index (κ3) is 2.62. The van der Waals surface area contributed by atoms with Gasteiger partial charge in [-0.3, -0.25) is 4.79 Å². The molecule has 5 rings (SSSR count). The van der Waals surface area contributed by atoms with Gasteiger partial charge in [-0.1, -0.05) is 55.5 Å². The number of anilines is 1. The van der Waals surface area contributed by atoms with Crippen molar-refractivity contribution in [1.82, 2.24) is 0 Å². The second kappa shape index (κ2) is 6.62. The number of thiazole rings is 1. The van der Waals surface area contributed by atoms with Crippen LogP contribution in [0.3, 0.4) is 0 Å². The summed E-state index contributed by atoms with van der Waals surface area (Å²) in [6.07, 6.45) is 3.93. The highest BCUT2D eigenvalue weighted by Crippen LogP contribution is 2.48. The number of aryl methyl sites for hydroxylation is 1. The third-order valence-electron chi connectivity index (χ3n) is 6.24. The van der Waals surface area contributed by atoms with Gasteiger partial charge >= 0.3 is 0 Å². The number of para-hydroxylation sites is 2. The number of hydrogen-bond acceptors (Lipinski definition) is 4. The second-order valence-electron chi connectivity index (χ2n) is 8.33. The first-order chi connectivity index (χ1) is 14.3. The van der Waals surface area contributed by atoms with E-state index in [0.717, 1.165) is 16.2 Å². The van der Waals surface area contributed by atoms with Crippen LogP contribution >= 0.6 is 11.3 Å². The minimum atomic E-state index is -0.175. The first-order valence-corrected chi connectivity index (χ1v) is 11.1. The van der Waals surface area contributed by atoms with Crippen LogP contribution in [0.5, 0.6) is 0 Å². The zero-order valence-electron chi connectivity index (χ0n) is 17.4. The number of nitrogens with zero attached hydrogens (tertiary/aromatic N) is 2. The highest BCUT2D eigenvalue weighted by atomic mass is 32.1. The van der Waals surface area contributed by atoms with Crippen LogP contribution in [0.15, 0.2) is 76.4 Å². The lowest BCUT2D eigenvalue weighted by Crippen LogP contribution is -2.30. The van der Waals surface area contributed by atoms with Crippen LogP contribution in [0, 0.1) is 0 Å². The Morgan fingerprint density at radius 1 is 1.07 bits per heavy atom. The molecule has 0 bridgehead atoms. The summed E-state index contributed by atoms with van der Waals surface area (Å²) in [6, 6.07) is 16.6. The van der Waals surface area contributed by atoms with E-state index in [-0.39, 0.29) is 11.2 Å². The Hall–Kier alpha value is -2.76. The fourth-order valence-corrected chi connectivity index (χ4v) is 5.86. The Balaban J connectivity index is 1.55. The van der Waals surface area contributed by atoms with Crippen molar-refractivity contribution < 1.29 is 9.36 Å². The molecule has 0 saturated heterocycles. The van der Waals surface area contributed by atoms with E-state index in [9.17, 15) is 4.79 Å². The minimum absolute atomic E-state index is 0.0325. The lowest BCUT2D eigenvalue weighted by Gasteiger charge is -2.32. The number of ketones is 1. The molecule has 0 fully saturated rings. The molecule has 2 aliphatic rings. The molecule has 3 nitrogen and oxygen atoms in total. The quantitative estimate of drug-likeness (QED) is 0.331. The van der Waals surface area contributed by atoms with Crippen LogP contribution in [-0.4, -0.2) is 12.8 Å². The number of carbonyl (C=O) groups excluding carboxylic acids is 1. The largest absolute Gasteiger partial charge is 0.778 e. The predicted octanol–water partition coefficient (Wildman–Crippen LogP) is 4.80. The van der Waals surface area contributed by atoms with E-state index >= 15 is 0 Å². The summed E-state index contributed by atoms with van der Waals surface area (Å²) in [7, 11) is 4.08.